The highest BCUT2D eigenvalue weighted by Crippen LogP contribution is 2.17. The van der Waals surface area contributed by atoms with Crippen molar-refractivity contribution in [3.63, 3.8) is 0 Å². The summed E-state index contributed by atoms with van der Waals surface area (Å²) < 4.78 is 11.7. The second-order valence-corrected chi connectivity index (χ2v) is 7.05. The van der Waals surface area contributed by atoms with Crippen LogP contribution >= 0.6 is 0 Å². The van der Waals surface area contributed by atoms with Crippen LogP contribution in [0.25, 0.3) is 0 Å². The number of aryl methyl sites for hydroxylation is 1. The van der Waals surface area contributed by atoms with Crippen LogP contribution in [-0.4, -0.2) is 21.6 Å². The molecule has 1 aromatic carbocycles. The van der Waals surface area contributed by atoms with Crippen LogP contribution in [0.2, 0.25) is 0 Å². The van der Waals surface area contributed by atoms with Crippen molar-refractivity contribution >= 4 is 28.1 Å². The third-order valence-electron chi connectivity index (χ3n) is 2.82. The number of nitrogen functional groups attached to an aromatic ring is 1. The minimum absolute atomic E-state index is 0.0422. The van der Waals surface area contributed by atoms with Crippen LogP contribution in [0.3, 0.4) is 0 Å². The zero-order valence-electron chi connectivity index (χ0n) is 12.4. The van der Waals surface area contributed by atoms with E-state index >= 15 is 0 Å². The van der Waals surface area contributed by atoms with Crippen molar-refractivity contribution in [2.75, 3.05) is 22.6 Å². The van der Waals surface area contributed by atoms with Crippen molar-refractivity contribution in [1.82, 2.24) is 0 Å². The van der Waals surface area contributed by atoms with Crippen LogP contribution in [0, 0.1) is 12.8 Å². The number of hydrogen-bond donors (Lipinski definition) is 2. The first kappa shape index (κ1) is 16.7. The predicted octanol–water partition coefficient (Wildman–Crippen LogP) is 2.70. The van der Waals surface area contributed by atoms with E-state index in [1.807, 2.05) is 13.0 Å². The molecule has 0 saturated carbocycles. The Morgan fingerprint density at radius 3 is 2.70 bits per heavy atom. The summed E-state index contributed by atoms with van der Waals surface area (Å²) in [5.41, 5.74) is 8.08. The predicted molar refractivity (Wildman–Crippen MR) is 86.2 cm³/mol. The summed E-state index contributed by atoms with van der Waals surface area (Å²) in [7, 11) is -0.817. The molecule has 1 atom stereocenters. The van der Waals surface area contributed by atoms with E-state index in [4.69, 9.17) is 5.73 Å². The van der Waals surface area contributed by atoms with Gasteiger partial charge in [-0.2, -0.15) is 0 Å². The minimum Gasteiger partial charge on any atom is -0.399 e. The topological polar surface area (TPSA) is 72.2 Å². The van der Waals surface area contributed by atoms with Gasteiger partial charge in [-0.1, -0.05) is 13.8 Å². The van der Waals surface area contributed by atoms with E-state index in [1.54, 1.807) is 12.1 Å². The summed E-state index contributed by atoms with van der Waals surface area (Å²) in [5, 5.41) is 2.86. The highest BCUT2D eigenvalue weighted by molar-refractivity contribution is 7.84. The summed E-state index contributed by atoms with van der Waals surface area (Å²) in [6.07, 6.45) is 1.05. The number of nitrogens with one attached hydrogen (secondary N) is 1. The molecule has 0 bridgehead atoms. The maximum absolute atomic E-state index is 11.8. The lowest BCUT2D eigenvalue weighted by atomic mass is 10.1. The van der Waals surface area contributed by atoms with Gasteiger partial charge in [0.05, 0.1) is 0 Å². The van der Waals surface area contributed by atoms with Crippen LogP contribution < -0.4 is 11.1 Å². The number of anilines is 2. The fourth-order valence-corrected chi connectivity index (χ4v) is 3.27. The molecule has 0 fully saturated rings. The summed E-state index contributed by atoms with van der Waals surface area (Å²) in [6, 6.07) is 5.40. The molecule has 0 aliphatic rings. The zero-order valence-corrected chi connectivity index (χ0v) is 13.3. The second-order valence-electron chi connectivity index (χ2n) is 5.43. The Bertz CT molecular complexity index is 487. The lowest BCUT2D eigenvalue weighted by Gasteiger charge is -2.09. The van der Waals surface area contributed by atoms with E-state index in [-0.39, 0.29) is 5.91 Å². The van der Waals surface area contributed by atoms with Crippen LogP contribution in [0.4, 0.5) is 11.4 Å². The van der Waals surface area contributed by atoms with Crippen LogP contribution in [-0.2, 0) is 15.6 Å². The summed E-state index contributed by atoms with van der Waals surface area (Å²) in [5.74, 6) is 1.69. The molecular weight excluding hydrogens is 272 g/mol. The van der Waals surface area contributed by atoms with Crippen molar-refractivity contribution in [2.45, 2.75) is 33.6 Å². The molecule has 0 aromatic heterocycles. The Labute approximate surface area is 123 Å². The fourth-order valence-electron chi connectivity index (χ4n) is 1.89. The van der Waals surface area contributed by atoms with Crippen LogP contribution in [0.15, 0.2) is 18.2 Å². The number of rotatable bonds is 7. The first-order chi connectivity index (χ1) is 9.38. The number of hydrogen-bond acceptors (Lipinski definition) is 3. The monoisotopic (exact) mass is 296 g/mol. The minimum atomic E-state index is -0.817. The van der Waals surface area contributed by atoms with Gasteiger partial charge < -0.3 is 11.1 Å². The summed E-state index contributed by atoms with van der Waals surface area (Å²) >= 11 is 0. The highest BCUT2D eigenvalue weighted by Gasteiger charge is 2.07. The molecule has 0 aliphatic heterocycles. The number of carbonyl (C=O) groups excluding carboxylic acids is 1. The Morgan fingerprint density at radius 2 is 2.10 bits per heavy atom. The molecule has 1 rings (SSSR count). The van der Waals surface area contributed by atoms with Gasteiger partial charge in [0.1, 0.15) is 0 Å². The van der Waals surface area contributed by atoms with Gasteiger partial charge in [-0.15, -0.1) is 0 Å². The average molecular weight is 296 g/mol. The van der Waals surface area contributed by atoms with Crippen molar-refractivity contribution in [1.29, 1.82) is 0 Å². The largest absolute Gasteiger partial charge is 0.399 e. The molecule has 3 N–H and O–H groups in total. The van der Waals surface area contributed by atoms with Crippen molar-refractivity contribution in [3.8, 4) is 0 Å². The molecule has 1 aromatic rings. The van der Waals surface area contributed by atoms with Gasteiger partial charge in [0, 0.05) is 40.1 Å². The fraction of sp³-hybridized carbons (Fsp3) is 0.533. The molecule has 5 heteroatoms. The van der Waals surface area contributed by atoms with E-state index in [1.165, 1.54) is 0 Å². The number of amides is 1. The van der Waals surface area contributed by atoms with E-state index in [2.05, 4.69) is 19.2 Å². The molecule has 0 saturated heterocycles. The Morgan fingerprint density at radius 1 is 1.40 bits per heavy atom. The lowest BCUT2D eigenvalue weighted by Crippen LogP contribution is -2.14. The van der Waals surface area contributed by atoms with E-state index in [9.17, 15) is 9.00 Å². The molecule has 0 radical (unpaired) electrons. The normalized spacial score (nSPS) is 12.4. The van der Waals surface area contributed by atoms with E-state index in [0.29, 0.717) is 36.0 Å². The molecule has 0 aliphatic carbocycles. The Balaban J connectivity index is 2.35. The van der Waals surface area contributed by atoms with Crippen LogP contribution in [0.5, 0.6) is 0 Å². The zero-order chi connectivity index (χ0) is 15.1. The first-order valence-electron chi connectivity index (χ1n) is 6.89. The third kappa shape index (κ3) is 6.19. The van der Waals surface area contributed by atoms with Gasteiger partial charge in [0.25, 0.3) is 0 Å². The molecule has 112 valence electrons. The molecular formula is C15H24N2O2S. The van der Waals surface area contributed by atoms with Crippen molar-refractivity contribution in [3.05, 3.63) is 23.8 Å². The molecule has 0 heterocycles. The van der Waals surface area contributed by atoms with Gasteiger partial charge in [-0.25, -0.2) is 0 Å². The first-order valence-corrected chi connectivity index (χ1v) is 8.38. The second kappa shape index (κ2) is 8.04. The van der Waals surface area contributed by atoms with Crippen molar-refractivity contribution < 1.29 is 9.00 Å². The smallest absolute Gasteiger partial charge is 0.224 e. The average Bonchev–Trinajstić information content (AvgIpc) is 2.31. The number of benzene rings is 1. The molecule has 20 heavy (non-hydrogen) atoms. The van der Waals surface area contributed by atoms with E-state index < -0.39 is 10.8 Å². The molecule has 0 spiro atoms. The highest BCUT2D eigenvalue weighted by atomic mass is 32.2. The molecule has 4 nitrogen and oxygen atoms in total. The lowest BCUT2D eigenvalue weighted by molar-refractivity contribution is -0.116. The number of carbonyl (C=O) groups is 1. The van der Waals surface area contributed by atoms with Crippen LogP contribution in [0.1, 0.15) is 32.3 Å². The number of nitrogens with two attached hydrogens (primary N) is 1. The SMILES string of the molecule is Cc1cc(N)ccc1NC(=O)CCCS(=O)CC(C)C. The van der Waals surface area contributed by atoms with Gasteiger partial charge >= 0.3 is 0 Å². The van der Waals surface area contributed by atoms with E-state index in [0.717, 1.165) is 11.3 Å². The third-order valence-corrected chi connectivity index (χ3v) is 4.60. The summed E-state index contributed by atoms with van der Waals surface area (Å²) in [6.45, 7) is 6.01. The maximum Gasteiger partial charge on any atom is 0.224 e. The maximum atomic E-state index is 11.8. The Hall–Kier alpha value is -1.36. The quantitative estimate of drug-likeness (QED) is 0.760. The van der Waals surface area contributed by atoms with Crippen molar-refractivity contribution in [2.24, 2.45) is 5.92 Å². The molecule has 1 unspecified atom stereocenters. The standard InChI is InChI=1S/C15H24N2O2S/c1-11(2)10-20(19)8-4-5-15(18)17-14-7-6-13(16)9-12(14)3/h6-7,9,11H,4-5,8,10,16H2,1-3H3,(H,17,18). The van der Waals surface area contributed by atoms with Gasteiger partial charge in [-0.3, -0.25) is 9.00 Å². The van der Waals surface area contributed by atoms with Gasteiger partial charge in [0.15, 0.2) is 0 Å². The summed E-state index contributed by atoms with van der Waals surface area (Å²) in [4.78, 5) is 11.8. The molecule has 1 amide bonds. The Kier molecular flexibility index (Phi) is 6.71. The van der Waals surface area contributed by atoms with Gasteiger partial charge in [0.2, 0.25) is 5.91 Å². The van der Waals surface area contributed by atoms with Gasteiger partial charge in [-0.05, 0) is 43.0 Å².